The Balaban J connectivity index is 2.00. The molecule has 15 heavy (non-hydrogen) atoms. The Morgan fingerprint density at radius 1 is 1.13 bits per heavy atom. The Kier molecular flexibility index (Phi) is 1.92. The normalized spacial score (nSPS) is 47.2. The van der Waals surface area contributed by atoms with E-state index < -0.39 is 0 Å². The third-order valence-electron chi connectivity index (χ3n) is 5.73. The van der Waals surface area contributed by atoms with Crippen molar-refractivity contribution in [3.05, 3.63) is 11.1 Å². The Morgan fingerprint density at radius 3 is 2.60 bits per heavy atom. The maximum Gasteiger partial charge on any atom is -0.0110 e. The molecular formula is C15H24. The molecule has 0 bridgehead atoms. The average Bonchev–Trinajstić information content (AvgIpc) is 2.55. The second-order valence-corrected chi connectivity index (χ2v) is 6.84. The molecule has 2 saturated carbocycles. The molecule has 84 valence electrons. The molecule has 4 atom stereocenters. The summed E-state index contributed by atoms with van der Waals surface area (Å²) >= 11 is 0. The molecule has 0 nitrogen and oxygen atoms in total. The molecule has 0 heterocycles. The summed E-state index contributed by atoms with van der Waals surface area (Å²) in [4.78, 5) is 0. The van der Waals surface area contributed by atoms with E-state index in [0.29, 0.717) is 5.41 Å². The third-order valence-corrected chi connectivity index (χ3v) is 5.73. The van der Waals surface area contributed by atoms with E-state index in [1.54, 1.807) is 5.57 Å². The number of allylic oxidation sites excluding steroid dienone is 2. The molecule has 0 N–H and O–H groups in total. The van der Waals surface area contributed by atoms with Gasteiger partial charge in [-0.1, -0.05) is 31.9 Å². The largest absolute Gasteiger partial charge is 0.0735 e. The molecular weight excluding hydrogens is 180 g/mol. The highest BCUT2D eigenvalue weighted by Crippen LogP contribution is 2.69. The topological polar surface area (TPSA) is 0 Å². The first-order valence-corrected chi connectivity index (χ1v) is 6.73. The van der Waals surface area contributed by atoms with Gasteiger partial charge in [0.05, 0.1) is 0 Å². The number of hydrogen-bond donors (Lipinski definition) is 0. The lowest BCUT2D eigenvalue weighted by Crippen LogP contribution is -2.13. The minimum absolute atomic E-state index is 0.638. The van der Waals surface area contributed by atoms with Gasteiger partial charge in [-0.3, -0.25) is 0 Å². The monoisotopic (exact) mass is 204 g/mol. The molecule has 0 amide bonds. The summed E-state index contributed by atoms with van der Waals surface area (Å²) in [6.45, 7) is 9.88. The van der Waals surface area contributed by atoms with Crippen molar-refractivity contribution in [1.82, 2.24) is 0 Å². The molecule has 0 saturated heterocycles. The Bertz CT molecular complexity index is 321. The van der Waals surface area contributed by atoms with Crippen LogP contribution in [-0.4, -0.2) is 0 Å². The van der Waals surface area contributed by atoms with Crippen LogP contribution < -0.4 is 0 Å². The fourth-order valence-electron chi connectivity index (χ4n) is 4.62. The molecule has 2 unspecified atom stereocenters. The third kappa shape index (κ3) is 1.20. The molecule has 3 rings (SSSR count). The average molecular weight is 204 g/mol. The second-order valence-electron chi connectivity index (χ2n) is 6.84. The molecule has 0 aromatic heterocycles. The van der Waals surface area contributed by atoms with Crippen molar-refractivity contribution in [2.45, 2.75) is 53.4 Å². The number of hydrogen-bond acceptors (Lipinski definition) is 0. The zero-order valence-corrected chi connectivity index (χ0v) is 10.6. The van der Waals surface area contributed by atoms with Gasteiger partial charge < -0.3 is 0 Å². The van der Waals surface area contributed by atoms with Crippen LogP contribution in [0.3, 0.4) is 0 Å². The van der Waals surface area contributed by atoms with E-state index >= 15 is 0 Å². The van der Waals surface area contributed by atoms with Gasteiger partial charge in [0.1, 0.15) is 0 Å². The summed E-state index contributed by atoms with van der Waals surface area (Å²) in [6.07, 6.45) is 5.82. The van der Waals surface area contributed by atoms with E-state index in [2.05, 4.69) is 27.7 Å². The highest BCUT2D eigenvalue weighted by molar-refractivity contribution is 5.34. The maximum absolute atomic E-state index is 2.49. The molecule has 3 aliphatic carbocycles. The highest BCUT2D eigenvalue weighted by atomic mass is 14.7. The fraction of sp³-hybridized carbons (Fsp3) is 0.867. The lowest BCUT2D eigenvalue weighted by molar-refractivity contribution is 0.351. The Hall–Kier alpha value is -0.260. The fourth-order valence-corrected chi connectivity index (χ4v) is 4.62. The van der Waals surface area contributed by atoms with Crippen LogP contribution in [0, 0.1) is 29.1 Å². The van der Waals surface area contributed by atoms with Crippen molar-refractivity contribution < 1.29 is 0 Å². The van der Waals surface area contributed by atoms with Gasteiger partial charge in [-0.05, 0) is 61.7 Å². The van der Waals surface area contributed by atoms with Crippen LogP contribution in [0.2, 0.25) is 0 Å². The zero-order chi connectivity index (χ0) is 10.8. The van der Waals surface area contributed by atoms with Crippen molar-refractivity contribution in [1.29, 1.82) is 0 Å². The first-order chi connectivity index (χ1) is 7.03. The summed E-state index contributed by atoms with van der Waals surface area (Å²) in [5.74, 6) is 3.91. The van der Waals surface area contributed by atoms with Gasteiger partial charge in [0.2, 0.25) is 0 Å². The van der Waals surface area contributed by atoms with Crippen molar-refractivity contribution in [2.75, 3.05) is 0 Å². The SMILES string of the molecule is CC1=C2C3C(CC[C@@H](C)[C@H]2CC1)C3(C)C. The van der Waals surface area contributed by atoms with Crippen LogP contribution in [0.4, 0.5) is 0 Å². The van der Waals surface area contributed by atoms with Crippen molar-refractivity contribution in [3.63, 3.8) is 0 Å². The first-order valence-electron chi connectivity index (χ1n) is 6.73. The predicted molar refractivity (Wildman–Crippen MR) is 64.6 cm³/mol. The van der Waals surface area contributed by atoms with Gasteiger partial charge in [0.15, 0.2) is 0 Å². The van der Waals surface area contributed by atoms with E-state index in [1.807, 2.05) is 5.57 Å². The van der Waals surface area contributed by atoms with E-state index in [9.17, 15) is 0 Å². The predicted octanol–water partition coefficient (Wildman–Crippen LogP) is 4.42. The summed E-state index contributed by atoms with van der Waals surface area (Å²) in [7, 11) is 0. The molecule has 0 heteroatoms. The highest BCUT2D eigenvalue weighted by Gasteiger charge is 2.61. The van der Waals surface area contributed by atoms with E-state index in [1.165, 1.54) is 25.7 Å². The van der Waals surface area contributed by atoms with Crippen LogP contribution in [0.25, 0.3) is 0 Å². The minimum Gasteiger partial charge on any atom is -0.0735 e. The molecule has 0 spiro atoms. The molecule has 0 radical (unpaired) electrons. The summed E-state index contributed by atoms with van der Waals surface area (Å²) in [6, 6.07) is 0. The maximum atomic E-state index is 2.49. The minimum atomic E-state index is 0.638. The van der Waals surface area contributed by atoms with Crippen molar-refractivity contribution >= 4 is 0 Å². The summed E-state index contributed by atoms with van der Waals surface area (Å²) < 4.78 is 0. The summed E-state index contributed by atoms with van der Waals surface area (Å²) in [5.41, 5.74) is 4.31. The Morgan fingerprint density at radius 2 is 1.87 bits per heavy atom. The van der Waals surface area contributed by atoms with Gasteiger partial charge in [-0.15, -0.1) is 0 Å². The van der Waals surface area contributed by atoms with E-state index in [4.69, 9.17) is 0 Å². The molecule has 0 aromatic carbocycles. The van der Waals surface area contributed by atoms with Crippen LogP contribution in [0.5, 0.6) is 0 Å². The molecule has 3 aliphatic rings. The van der Waals surface area contributed by atoms with Crippen LogP contribution >= 0.6 is 0 Å². The van der Waals surface area contributed by atoms with Crippen LogP contribution in [0.15, 0.2) is 11.1 Å². The van der Waals surface area contributed by atoms with Crippen molar-refractivity contribution in [3.8, 4) is 0 Å². The van der Waals surface area contributed by atoms with Gasteiger partial charge in [-0.25, -0.2) is 0 Å². The van der Waals surface area contributed by atoms with Crippen LogP contribution in [0.1, 0.15) is 53.4 Å². The lowest BCUT2D eigenvalue weighted by atomic mass is 9.82. The smallest absolute Gasteiger partial charge is 0.0110 e. The molecule has 0 aliphatic heterocycles. The Labute approximate surface area is 94.1 Å². The molecule has 2 fully saturated rings. The first kappa shape index (κ1) is 9.93. The van der Waals surface area contributed by atoms with Crippen LogP contribution in [-0.2, 0) is 0 Å². The zero-order valence-electron chi connectivity index (χ0n) is 10.6. The quantitative estimate of drug-likeness (QED) is 0.513. The molecule has 0 aromatic rings. The van der Waals surface area contributed by atoms with E-state index in [-0.39, 0.29) is 0 Å². The standard InChI is InChI=1S/C15H24/c1-9-6-8-12-14(15(12,3)4)13-10(2)5-7-11(9)13/h9,11-12,14H,5-8H2,1-4H3/t9-,11-,12?,14?/m1/s1. The van der Waals surface area contributed by atoms with Gasteiger partial charge >= 0.3 is 0 Å². The lowest BCUT2D eigenvalue weighted by Gasteiger charge is -2.23. The van der Waals surface area contributed by atoms with Crippen molar-refractivity contribution in [2.24, 2.45) is 29.1 Å². The van der Waals surface area contributed by atoms with E-state index in [0.717, 1.165) is 23.7 Å². The number of rotatable bonds is 0. The number of fused-ring (bicyclic) bond motifs is 3. The van der Waals surface area contributed by atoms with Gasteiger partial charge in [0.25, 0.3) is 0 Å². The summed E-state index contributed by atoms with van der Waals surface area (Å²) in [5, 5.41) is 0. The van der Waals surface area contributed by atoms with Gasteiger partial charge in [-0.2, -0.15) is 0 Å². The van der Waals surface area contributed by atoms with Gasteiger partial charge in [0, 0.05) is 0 Å². The second kappa shape index (κ2) is 2.90.